The molecule has 3 rings (SSSR count). The van der Waals surface area contributed by atoms with Crippen LogP contribution in [0.1, 0.15) is 18.4 Å². The molecule has 0 bridgehead atoms. The van der Waals surface area contributed by atoms with Crippen molar-refractivity contribution in [1.82, 2.24) is 5.32 Å². The zero-order chi connectivity index (χ0) is 14.5. The van der Waals surface area contributed by atoms with E-state index in [0.717, 1.165) is 64.6 Å². The van der Waals surface area contributed by atoms with E-state index in [1.54, 1.807) is 0 Å². The van der Waals surface area contributed by atoms with Crippen LogP contribution >= 0.6 is 0 Å². The summed E-state index contributed by atoms with van der Waals surface area (Å²) in [6.45, 7) is 9.08. The van der Waals surface area contributed by atoms with Gasteiger partial charge in [0.25, 0.3) is 0 Å². The molecule has 0 spiro atoms. The number of piperazine rings is 1. The van der Waals surface area contributed by atoms with E-state index < -0.39 is 0 Å². The first-order valence-electron chi connectivity index (χ1n) is 8.10. The van der Waals surface area contributed by atoms with Gasteiger partial charge in [-0.3, -0.25) is 0 Å². The van der Waals surface area contributed by atoms with Crippen LogP contribution in [0.4, 0.5) is 5.69 Å². The molecule has 0 aliphatic carbocycles. The summed E-state index contributed by atoms with van der Waals surface area (Å²) in [5.74, 6) is 1.64. The standard InChI is InChI=1S/C17H26N2O2/c1-14-12-16(21-13-15-4-10-20-11-5-15)2-3-17(14)19-8-6-18-7-9-19/h2-3,12,15,18H,4-11,13H2,1H3. The van der Waals surface area contributed by atoms with Gasteiger partial charge in [-0.25, -0.2) is 0 Å². The lowest BCUT2D eigenvalue weighted by atomic mass is 10.0. The van der Waals surface area contributed by atoms with E-state index in [1.165, 1.54) is 11.3 Å². The summed E-state index contributed by atoms with van der Waals surface area (Å²) in [5.41, 5.74) is 2.65. The first kappa shape index (κ1) is 14.7. The van der Waals surface area contributed by atoms with E-state index in [9.17, 15) is 0 Å². The Morgan fingerprint density at radius 2 is 2.00 bits per heavy atom. The molecule has 2 fully saturated rings. The molecule has 2 aliphatic rings. The summed E-state index contributed by atoms with van der Waals surface area (Å²) in [4.78, 5) is 2.45. The molecule has 4 heteroatoms. The average molecular weight is 290 g/mol. The van der Waals surface area contributed by atoms with Crippen molar-refractivity contribution in [3.63, 3.8) is 0 Å². The lowest BCUT2D eigenvalue weighted by Gasteiger charge is -2.31. The van der Waals surface area contributed by atoms with E-state index in [1.807, 2.05) is 0 Å². The molecule has 0 saturated carbocycles. The molecule has 2 heterocycles. The summed E-state index contributed by atoms with van der Waals surface area (Å²) in [6.07, 6.45) is 2.25. The van der Waals surface area contributed by atoms with Crippen molar-refractivity contribution in [2.45, 2.75) is 19.8 Å². The Kier molecular flexibility index (Phi) is 4.99. The van der Waals surface area contributed by atoms with Crippen LogP contribution in [-0.4, -0.2) is 46.0 Å². The summed E-state index contributed by atoms with van der Waals surface area (Å²) >= 11 is 0. The molecule has 0 unspecified atom stereocenters. The summed E-state index contributed by atoms with van der Waals surface area (Å²) in [5, 5.41) is 3.40. The minimum Gasteiger partial charge on any atom is -0.493 e. The second-order valence-corrected chi connectivity index (χ2v) is 6.05. The highest BCUT2D eigenvalue weighted by Gasteiger charge is 2.16. The molecule has 4 nitrogen and oxygen atoms in total. The lowest BCUT2D eigenvalue weighted by Crippen LogP contribution is -2.43. The Labute approximate surface area is 127 Å². The maximum atomic E-state index is 5.98. The zero-order valence-electron chi connectivity index (χ0n) is 12.9. The number of nitrogens with zero attached hydrogens (tertiary/aromatic N) is 1. The van der Waals surface area contributed by atoms with Gasteiger partial charge in [0.05, 0.1) is 6.61 Å². The van der Waals surface area contributed by atoms with Crippen LogP contribution in [0, 0.1) is 12.8 Å². The first-order valence-corrected chi connectivity index (χ1v) is 8.10. The SMILES string of the molecule is Cc1cc(OCC2CCOCC2)ccc1N1CCNCC1. The predicted octanol–water partition coefficient (Wildman–Crippen LogP) is 2.21. The second-order valence-electron chi connectivity index (χ2n) is 6.05. The van der Waals surface area contributed by atoms with Crippen molar-refractivity contribution in [1.29, 1.82) is 0 Å². The van der Waals surface area contributed by atoms with Gasteiger partial charge in [0.15, 0.2) is 0 Å². The summed E-state index contributed by atoms with van der Waals surface area (Å²) in [7, 11) is 0. The first-order chi connectivity index (χ1) is 10.3. The number of ether oxygens (including phenoxy) is 2. The van der Waals surface area contributed by atoms with Crippen molar-refractivity contribution >= 4 is 5.69 Å². The van der Waals surface area contributed by atoms with E-state index in [2.05, 4.69) is 35.3 Å². The third kappa shape index (κ3) is 3.89. The fourth-order valence-electron chi connectivity index (χ4n) is 3.11. The highest BCUT2D eigenvalue weighted by atomic mass is 16.5. The Bertz CT molecular complexity index is 452. The normalized spacial score (nSPS) is 20.5. The number of rotatable bonds is 4. The van der Waals surface area contributed by atoms with Gasteiger partial charge in [-0.05, 0) is 49.4 Å². The fraction of sp³-hybridized carbons (Fsp3) is 0.647. The largest absolute Gasteiger partial charge is 0.493 e. The molecule has 1 N–H and O–H groups in total. The third-order valence-corrected chi connectivity index (χ3v) is 4.45. The molecule has 2 saturated heterocycles. The van der Waals surface area contributed by atoms with Crippen LogP contribution in [0.15, 0.2) is 18.2 Å². The van der Waals surface area contributed by atoms with Crippen LogP contribution in [0.5, 0.6) is 5.75 Å². The van der Waals surface area contributed by atoms with Crippen LogP contribution < -0.4 is 15.0 Å². The van der Waals surface area contributed by atoms with E-state index in [-0.39, 0.29) is 0 Å². The minimum atomic E-state index is 0.645. The maximum Gasteiger partial charge on any atom is 0.119 e. The number of benzene rings is 1. The zero-order valence-corrected chi connectivity index (χ0v) is 12.9. The van der Waals surface area contributed by atoms with Gasteiger partial charge in [0.1, 0.15) is 5.75 Å². The van der Waals surface area contributed by atoms with Crippen molar-refractivity contribution in [2.24, 2.45) is 5.92 Å². The third-order valence-electron chi connectivity index (χ3n) is 4.45. The van der Waals surface area contributed by atoms with Gasteiger partial charge in [-0.15, -0.1) is 0 Å². The number of nitrogens with one attached hydrogen (secondary N) is 1. The highest BCUT2D eigenvalue weighted by molar-refractivity contribution is 5.56. The van der Waals surface area contributed by atoms with Gasteiger partial charge in [-0.2, -0.15) is 0 Å². The van der Waals surface area contributed by atoms with Crippen molar-refractivity contribution in [3.8, 4) is 5.75 Å². The molecular weight excluding hydrogens is 264 g/mol. The van der Waals surface area contributed by atoms with E-state index >= 15 is 0 Å². The van der Waals surface area contributed by atoms with E-state index in [4.69, 9.17) is 9.47 Å². The minimum absolute atomic E-state index is 0.645. The second kappa shape index (κ2) is 7.14. The van der Waals surface area contributed by atoms with Gasteiger partial charge in [0.2, 0.25) is 0 Å². The Balaban J connectivity index is 1.58. The Morgan fingerprint density at radius 3 is 2.71 bits per heavy atom. The Morgan fingerprint density at radius 1 is 1.24 bits per heavy atom. The van der Waals surface area contributed by atoms with Crippen LogP contribution in [0.25, 0.3) is 0 Å². The van der Waals surface area contributed by atoms with Crippen LogP contribution in [0.2, 0.25) is 0 Å². The molecule has 0 amide bonds. The molecule has 2 aliphatic heterocycles. The van der Waals surface area contributed by atoms with Gasteiger partial charge < -0.3 is 19.7 Å². The van der Waals surface area contributed by atoms with Gasteiger partial charge in [-0.1, -0.05) is 0 Å². The molecule has 0 radical (unpaired) electrons. The van der Waals surface area contributed by atoms with Gasteiger partial charge >= 0.3 is 0 Å². The van der Waals surface area contributed by atoms with Crippen molar-refractivity contribution in [2.75, 3.05) is 50.9 Å². The average Bonchev–Trinajstić information content (AvgIpc) is 2.55. The highest BCUT2D eigenvalue weighted by Crippen LogP contribution is 2.26. The molecule has 116 valence electrons. The molecule has 21 heavy (non-hydrogen) atoms. The molecule has 0 atom stereocenters. The van der Waals surface area contributed by atoms with Gasteiger partial charge in [0, 0.05) is 45.1 Å². The quantitative estimate of drug-likeness (QED) is 0.922. The smallest absolute Gasteiger partial charge is 0.119 e. The monoisotopic (exact) mass is 290 g/mol. The van der Waals surface area contributed by atoms with Crippen LogP contribution in [0.3, 0.4) is 0 Å². The van der Waals surface area contributed by atoms with Crippen molar-refractivity contribution < 1.29 is 9.47 Å². The summed E-state index contributed by atoms with van der Waals surface area (Å²) in [6, 6.07) is 6.50. The maximum absolute atomic E-state index is 5.98. The summed E-state index contributed by atoms with van der Waals surface area (Å²) < 4.78 is 11.4. The molecular formula is C17H26N2O2. The van der Waals surface area contributed by atoms with Crippen molar-refractivity contribution in [3.05, 3.63) is 23.8 Å². The number of aryl methyl sites for hydroxylation is 1. The number of hydrogen-bond donors (Lipinski definition) is 1. The molecule has 1 aromatic carbocycles. The lowest BCUT2D eigenvalue weighted by molar-refractivity contribution is 0.0497. The fourth-order valence-corrected chi connectivity index (χ4v) is 3.11. The predicted molar refractivity (Wildman–Crippen MR) is 85.3 cm³/mol. The molecule has 0 aromatic heterocycles. The van der Waals surface area contributed by atoms with Crippen LogP contribution in [-0.2, 0) is 4.74 Å². The Hall–Kier alpha value is -1.26. The number of anilines is 1. The van der Waals surface area contributed by atoms with E-state index in [0.29, 0.717) is 5.92 Å². The molecule has 1 aromatic rings. The number of hydrogen-bond acceptors (Lipinski definition) is 4. The topological polar surface area (TPSA) is 33.7 Å².